The molecule has 2 aromatic rings. The summed E-state index contributed by atoms with van der Waals surface area (Å²) < 4.78 is 5.67. The number of rotatable bonds is 7. The summed E-state index contributed by atoms with van der Waals surface area (Å²) in [6.07, 6.45) is 1.89. The van der Waals surface area contributed by atoms with E-state index in [1.165, 1.54) is 0 Å². The molecule has 2 amide bonds. The lowest BCUT2D eigenvalue weighted by molar-refractivity contribution is -0.117. The minimum absolute atomic E-state index is 0.0469. The Kier molecular flexibility index (Phi) is 7.05. The molecule has 3 N–H and O–H groups in total. The van der Waals surface area contributed by atoms with Gasteiger partial charge in [-0.2, -0.15) is 0 Å². The fourth-order valence-corrected chi connectivity index (χ4v) is 2.95. The highest BCUT2D eigenvalue weighted by atomic mass is 32.1. The third-order valence-electron chi connectivity index (χ3n) is 4.61. The number of carbonyl (C=O) groups excluding carboxylic acids is 2. The summed E-state index contributed by atoms with van der Waals surface area (Å²) in [5.41, 5.74) is 2.84. The van der Waals surface area contributed by atoms with Crippen LogP contribution in [-0.4, -0.2) is 23.5 Å². The summed E-state index contributed by atoms with van der Waals surface area (Å²) >= 11 is 5.28. The Morgan fingerprint density at radius 3 is 2.60 bits per heavy atom. The summed E-state index contributed by atoms with van der Waals surface area (Å²) in [6, 6.07) is 12.5. The highest BCUT2D eigenvalue weighted by Crippen LogP contribution is 2.31. The number of thiocarbonyl (C=S) groups is 1. The van der Waals surface area contributed by atoms with Crippen molar-refractivity contribution in [3.8, 4) is 5.75 Å². The predicted octanol–water partition coefficient (Wildman–Crippen LogP) is 4.51. The minimum atomic E-state index is -0.322. The minimum Gasteiger partial charge on any atom is -0.493 e. The molecular weight excluding hydrogens is 398 g/mol. The summed E-state index contributed by atoms with van der Waals surface area (Å²) in [5.74, 6) is 0.891. The molecule has 158 valence electrons. The average molecular weight is 426 g/mol. The Bertz CT molecular complexity index is 954. The van der Waals surface area contributed by atoms with Crippen molar-refractivity contribution in [3.63, 3.8) is 0 Å². The molecule has 7 heteroatoms. The van der Waals surface area contributed by atoms with Gasteiger partial charge in [0.05, 0.1) is 6.61 Å². The SMILES string of the molecule is Cc1ccc(NC(=S)NC(=O)c2cccc(OCC(C)C)c2)cc1NC(=O)C1CC1. The highest BCUT2D eigenvalue weighted by Gasteiger charge is 2.29. The van der Waals surface area contributed by atoms with Gasteiger partial charge in [-0.05, 0) is 73.8 Å². The van der Waals surface area contributed by atoms with Crippen LogP contribution in [0.5, 0.6) is 5.75 Å². The van der Waals surface area contributed by atoms with Gasteiger partial charge in [0.1, 0.15) is 5.75 Å². The van der Waals surface area contributed by atoms with Crippen LogP contribution in [0.15, 0.2) is 42.5 Å². The van der Waals surface area contributed by atoms with Gasteiger partial charge in [0.25, 0.3) is 5.91 Å². The monoisotopic (exact) mass is 425 g/mol. The highest BCUT2D eigenvalue weighted by molar-refractivity contribution is 7.80. The number of amides is 2. The van der Waals surface area contributed by atoms with E-state index >= 15 is 0 Å². The van der Waals surface area contributed by atoms with Crippen molar-refractivity contribution in [2.45, 2.75) is 33.6 Å². The first-order valence-electron chi connectivity index (χ1n) is 10.1. The molecule has 6 nitrogen and oxygen atoms in total. The van der Waals surface area contributed by atoms with Gasteiger partial charge < -0.3 is 15.4 Å². The number of hydrogen-bond donors (Lipinski definition) is 3. The van der Waals surface area contributed by atoms with E-state index in [0.29, 0.717) is 29.5 Å². The maximum Gasteiger partial charge on any atom is 0.257 e. The zero-order valence-electron chi connectivity index (χ0n) is 17.5. The van der Waals surface area contributed by atoms with Gasteiger partial charge >= 0.3 is 0 Å². The summed E-state index contributed by atoms with van der Waals surface area (Å²) in [6.45, 7) is 6.64. The van der Waals surface area contributed by atoms with Crippen LogP contribution < -0.4 is 20.7 Å². The zero-order chi connectivity index (χ0) is 21.7. The molecule has 0 aromatic heterocycles. The number of ether oxygens (including phenoxy) is 1. The lowest BCUT2D eigenvalue weighted by atomic mass is 10.1. The Balaban J connectivity index is 1.59. The Morgan fingerprint density at radius 1 is 1.13 bits per heavy atom. The number of nitrogens with one attached hydrogen (secondary N) is 3. The van der Waals surface area contributed by atoms with Gasteiger partial charge in [-0.25, -0.2) is 0 Å². The van der Waals surface area contributed by atoms with Crippen molar-refractivity contribution in [2.24, 2.45) is 11.8 Å². The van der Waals surface area contributed by atoms with E-state index in [9.17, 15) is 9.59 Å². The van der Waals surface area contributed by atoms with Gasteiger partial charge in [-0.15, -0.1) is 0 Å². The van der Waals surface area contributed by atoms with E-state index in [-0.39, 0.29) is 22.8 Å². The van der Waals surface area contributed by atoms with E-state index < -0.39 is 0 Å². The molecule has 0 spiro atoms. The lowest BCUT2D eigenvalue weighted by Crippen LogP contribution is -2.34. The van der Waals surface area contributed by atoms with Crippen molar-refractivity contribution < 1.29 is 14.3 Å². The van der Waals surface area contributed by atoms with Crippen LogP contribution in [0.25, 0.3) is 0 Å². The van der Waals surface area contributed by atoms with Crippen LogP contribution in [0, 0.1) is 18.8 Å². The van der Waals surface area contributed by atoms with Crippen LogP contribution in [-0.2, 0) is 4.79 Å². The first kappa shape index (κ1) is 21.8. The molecule has 1 aliphatic carbocycles. The molecule has 0 radical (unpaired) electrons. The number of carbonyl (C=O) groups is 2. The molecule has 0 saturated heterocycles. The van der Waals surface area contributed by atoms with E-state index in [4.69, 9.17) is 17.0 Å². The van der Waals surface area contributed by atoms with E-state index in [0.717, 1.165) is 24.1 Å². The van der Waals surface area contributed by atoms with Gasteiger partial charge in [0.15, 0.2) is 5.11 Å². The molecule has 1 saturated carbocycles. The Hall–Kier alpha value is -2.93. The van der Waals surface area contributed by atoms with E-state index in [1.54, 1.807) is 18.2 Å². The molecule has 3 rings (SSSR count). The smallest absolute Gasteiger partial charge is 0.257 e. The Labute approximate surface area is 182 Å². The number of anilines is 2. The summed E-state index contributed by atoms with van der Waals surface area (Å²) in [7, 11) is 0. The van der Waals surface area contributed by atoms with Crippen molar-refractivity contribution in [2.75, 3.05) is 17.2 Å². The molecule has 0 bridgehead atoms. The molecule has 1 aliphatic rings. The van der Waals surface area contributed by atoms with Crippen LogP contribution in [0.2, 0.25) is 0 Å². The molecule has 0 unspecified atom stereocenters. The third kappa shape index (κ3) is 6.29. The van der Waals surface area contributed by atoms with Crippen LogP contribution in [0.3, 0.4) is 0 Å². The van der Waals surface area contributed by atoms with E-state index in [2.05, 4.69) is 29.8 Å². The van der Waals surface area contributed by atoms with Crippen molar-refractivity contribution in [1.82, 2.24) is 5.32 Å². The van der Waals surface area contributed by atoms with Gasteiger partial charge in [-0.1, -0.05) is 26.0 Å². The molecule has 1 fully saturated rings. The van der Waals surface area contributed by atoms with Crippen LogP contribution >= 0.6 is 12.2 Å². The molecule has 0 atom stereocenters. The summed E-state index contributed by atoms with van der Waals surface area (Å²) in [4.78, 5) is 24.6. The fourth-order valence-electron chi connectivity index (χ4n) is 2.74. The standard InChI is InChI=1S/C23H27N3O3S/c1-14(2)13-29-19-6-4-5-17(11-19)22(28)26-23(30)24-18-10-7-15(3)20(12-18)25-21(27)16-8-9-16/h4-7,10-12,14,16H,8-9,13H2,1-3H3,(H,25,27)(H2,24,26,28,30). The van der Waals surface area contributed by atoms with Crippen LogP contribution in [0.4, 0.5) is 11.4 Å². The third-order valence-corrected chi connectivity index (χ3v) is 4.81. The molecule has 30 heavy (non-hydrogen) atoms. The maximum atomic E-state index is 12.5. The molecular formula is C23H27N3O3S. The van der Waals surface area contributed by atoms with Gasteiger partial charge in [0.2, 0.25) is 5.91 Å². The second-order valence-corrected chi connectivity index (χ2v) is 8.34. The first-order valence-corrected chi connectivity index (χ1v) is 10.5. The van der Waals surface area contributed by atoms with Crippen LogP contribution in [0.1, 0.15) is 42.6 Å². The fraction of sp³-hybridized carbons (Fsp3) is 0.348. The normalized spacial score (nSPS) is 12.9. The van der Waals surface area contributed by atoms with Crippen molar-refractivity contribution >= 4 is 40.5 Å². The Morgan fingerprint density at radius 2 is 1.90 bits per heavy atom. The number of benzene rings is 2. The van der Waals surface area contributed by atoms with Crippen molar-refractivity contribution in [3.05, 3.63) is 53.6 Å². The predicted molar refractivity (Wildman–Crippen MR) is 123 cm³/mol. The topological polar surface area (TPSA) is 79.5 Å². The average Bonchev–Trinajstić information content (AvgIpc) is 3.54. The molecule has 0 aliphatic heterocycles. The van der Waals surface area contributed by atoms with Gasteiger partial charge in [-0.3, -0.25) is 14.9 Å². The molecule has 0 heterocycles. The van der Waals surface area contributed by atoms with Crippen molar-refractivity contribution in [1.29, 1.82) is 0 Å². The largest absolute Gasteiger partial charge is 0.493 e. The lowest BCUT2D eigenvalue weighted by Gasteiger charge is -2.14. The second kappa shape index (κ2) is 9.71. The second-order valence-electron chi connectivity index (χ2n) is 7.93. The number of hydrogen-bond acceptors (Lipinski definition) is 4. The van der Waals surface area contributed by atoms with Gasteiger partial charge in [0, 0.05) is 22.9 Å². The summed E-state index contributed by atoms with van der Waals surface area (Å²) in [5, 5.41) is 8.81. The number of aryl methyl sites for hydroxylation is 1. The quantitative estimate of drug-likeness (QED) is 0.569. The molecule has 2 aromatic carbocycles. The first-order chi connectivity index (χ1) is 14.3. The maximum absolute atomic E-state index is 12.5. The van der Waals surface area contributed by atoms with E-state index in [1.807, 2.05) is 31.2 Å². The zero-order valence-corrected chi connectivity index (χ0v) is 18.3.